The molecular formula is C44H49N7O11S2. The molecule has 4 heterocycles. The second kappa shape index (κ2) is 20.3. The van der Waals surface area contributed by atoms with Gasteiger partial charge in [0.15, 0.2) is 12.4 Å². The van der Waals surface area contributed by atoms with Crippen molar-refractivity contribution < 1.29 is 52.4 Å². The number of rotatable bonds is 16. The molecule has 0 aliphatic carbocycles. The molecule has 7 rings (SSSR count). The Kier molecular flexibility index (Phi) is 14.6. The fourth-order valence-corrected chi connectivity index (χ4v) is 9.66. The van der Waals surface area contributed by atoms with Crippen LogP contribution in [-0.2, 0) is 49.4 Å². The summed E-state index contributed by atoms with van der Waals surface area (Å²) in [7, 11) is 2.53. The Bertz CT molecular complexity index is 2300. The van der Waals surface area contributed by atoms with Crippen molar-refractivity contribution in [3.05, 3.63) is 113 Å². The normalized spacial score (nSPS) is 20.1. The molecule has 3 aliphatic heterocycles. The number of ether oxygens (including phenoxy) is 6. The van der Waals surface area contributed by atoms with Crippen LogP contribution >= 0.6 is 23.5 Å². The van der Waals surface area contributed by atoms with Crippen molar-refractivity contribution in [3.8, 4) is 5.75 Å². The van der Waals surface area contributed by atoms with Crippen LogP contribution in [0.15, 0.2) is 101 Å². The monoisotopic (exact) mass is 915 g/mol. The smallest absolute Gasteiger partial charge is 0.408 e. The van der Waals surface area contributed by atoms with E-state index in [0.717, 1.165) is 31.0 Å². The van der Waals surface area contributed by atoms with Gasteiger partial charge in [-0.25, -0.2) is 14.3 Å². The Labute approximate surface area is 378 Å². The molecule has 4 atom stereocenters. The number of fused-ring (bicyclic) bond motifs is 1. The van der Waals surface area contributed by atoms with Crippen LogP contribution < -0.4 is 15.4 Å². The van der Waals surface area contributed by atoms with Gasteiger partial charge in [-0.3, -0.25) is 19.3 Å². The lowest BCUT2D eigenvalue weighted by molar-refractivity contribution is -0.193. The van der Waals surface area contributed by atoms with Crippen LogP contribution in [-0.4, -0.2) is 110 Å². The third kappa shape index (κ3) is 10.5. The first-order valence-electron chi connectivity index (χ1n) is 20.5. The summed E-state index contributed by atoms with van der Waals surface area (Å²) in [5, 5.41) is 16.4. The average molecular weight is 916 g/mol. The molecule has 0 bridgehead atoms. The number of nitrogens with one attached hydrogen (secondary N) is 2. The summed E-state index contributed by atoms with van der Waals surface area (Å²) < 4.78 is 35.5. The SMILES string of the molecule is COC(=O)Cn1nnnc1SCC1=C(C(=O)OC(c2ccccc2)c2ccccc2)N2C(=O)[C@](NC(=O)C(NC(=O)OC(C)(C)C)c3ccc(OC4CCCCO4)cc3)(OC)[C@@H]2SC1. The van der Waals surface area contributed by atoms with E-state index in [1.54, 1.807) is 45.0 Å². The summed E-state index contributed by atoms with van der Waals surface area (Å²) in [4.78, 5) is 70.4. The first-order chi connectivity index (χ1) is 30.8. The number of hydrogen-bond acceptors (Lipinski definition) is 16. The summed E-state index contributed by atoms with van der Waals surface area (Å²) in [6.07, 6.45) is 0.546. The van der Waals surface area contributed by atoms with E-state index in [4.69, 9.17) is 28.4 Å². The molecule has 0 radical (unpaired) electrons. The van der Waals surface area contributed by atoms with Gasteiger partial charge < -0.3 is 39.1 Å². The molecule has 0 spiro atoms. The van der Waals surface area contributed by atoms with Crippen molar-refractivity contribution in [2.45, 2.75) is 86.9 Å². The molecule has 3 aromatic carbocycles. The van der Waals surface area contributed by atoms with Gasteiger partial charge in [0.2, 0.25) is 11.1 Å². The molecule has 20 heteroatoms. The van der Waals surface area contributed by atoms with Crippen LogP contribution in [0.2, 0.25) is 0 Å². The largest absolute Gasteiger partial charge is 0.468 e. The van der Waals surface area contributed by atoms with E-state index in [2.05, 4.69) is 26.2 Å². The molecule has 3 aliphatic rings. The van der Waals surface area contributed by atoms with E-state index in [9.17, 15) is 24.0 Å². The second-order valence-electron chi connectivity index (χ2n) is 15.9. The number of aromatic nitrogens is 4. The van der Waals surface area contributed by atoms with Crippen LogP contribution in [0.5, 0.6) is 5.75 Å². The summed E-state index contributed by atoms with van der Waals surface area (Å²) >= 11 is 2.39. The highest BCUT2D eigenvalue weighted by Crippen LogP contribution is 2.48. The van der Waals surface area contributed by atoms with Crippen LogP contribution in [0.25, 0.3) is 0 Å². The van der Waals surface area contributed by atoms with E-state index >= 15 is 0 Å². The van der Waals surface area contributed by atoms with Crippen molar-refractivity contribution in [2.75, 3.05) is 32.3 Å². The van der Waals surface area contributed by atoms with Gasteiger partial charge in [-0.2, -0.15) is 0 Å². The number of benzene rings is 3. The zero-order valence-corrected chi connectivity index (χ0v) is 37.5. The number of hydrogen-bond donors (Lipinski definition) is 2. The van der Waals surface area contributed by atoms with Crippen LogP contribution in [0.3, 0.4) is 0 Å². The fourth-order valence-electron chi connectivity index (χ4n) is 7.20. The summed E-state index contributed by atoms with van der Waals surface area (Å²) in [5.41, 5.74) is -0.670. The number of thioether (sulfide) groups is 2. The molecule has 0 saturated carbocycles. The van der Waals surface area contributed by atoms with E-state index in [-0.39, 0.29) is 28.9 Å². The molecule has 2 N–H and O–H groups in total. The fraction of sp³-hybridized carbons (Fsp3) is 0.409. The Morgan fingerprint density at radius 2 is 1.64 bits per heavy atom. The quantitative estimate of drug-likeness (QED) is 0.0494. The third-order valence-corrected chi connectivity index (χ3v) is 12.7. The molecule has 2 unspecified atom stereocenters. The minimum Gasteiger partial charge on any atom is -0.468 e. The topological polar surface area (TPSA) is 212 Å². The number of alkyl carbamates (subject to hydrolysis) is 1. The maximum Gasteiger partial charge on any atom is 0.408 e. The Balaban J connectivity index is 1.18. The highest BCUT2D eigenvalue weighted by molar-refractivity contribution is 8.01. The molecule has 18 nitrogen and oxygen atoms in total. The molecular weight excluding hydrogens is 867 g/mol. The lowest BCUT2D eigenvalue weighted by Crippen LogP contribution is -2.81. The summed E-state index contributed by atoms with van der Waals surface area (Å²) in [5.74, 6) is -2.12. The minimum atomic E-state index is -1.98. The van der Waals surface area contributed by atoms with E-state index in [1.165, 1.54) is 35.6 Å². The molecule has 1 aromatic heterocycles. The number of nitrogens with zero attached hydrogens (tertiary/aromatic N) is 5. The number of methoxy groups -OCH3 is 2. The van der Waals surface area contributed by atoms with Crippen molar-refractivity contribution in [1.82, 2.24) is 35.7 Å². The molecule has 2 fully saturated rings. The van der Waals surface area contributed by atoms with E-state index in [1.807, 2.05) is 60.7 Å². The zero-order chi connectivity index (χ0) is 45.4. The standard InChI is InChI=1S/C44H49N7O11S2/c1-43(2,3)62-42(56)45-34(27-19-21-31(22-20-27)60-33-18-12-13-23-59-33)37(53)46-44(58-5)39(55)51-35(38(54)61-36(28-14-8-6-9-15-28)29-16-10-7-11-17-29)30(25-63-40(44)51)26-64-41-47-48-49-50(41)24-32(52)57-4/h6-11,14-17,19-22,33-34,36,40H,12-13,18,23-26H2,1-5H3,(H,45,56)(H,46,53)/t33?,34?,40-,44-/m0/s1. The number of tetrazole rings is 1. The van der Waals surface area contributed by atoms with Crippen molar-refractivity contribution >= 4 is 53.4 Å². The minimum absolute atomic E-state index is 0.0482. The Morgan fingerprint density at radius 1 is 0.953 bits per heavy atom. The van der Waals surface area contributed by atoms with Gasteiger partial charge >= 0.3 is 18.0 Å². The first-order valence-corrected chi connectivity index (χ1v) is 22.5. The molecule has 2 saturated heterocycles. The van der Waals surface area contributed by atoms with Gasteiger partial charge in [-0.15, -0.1) is 16.9 Å². The van der Waals surface area contributed by atoms with Gasteiger partial charge in [0.25, 0.3) is 11.6 Å². The molecule has 338 valence electrons. The lowest BCUT2D eigenvalue weighted by Gasteiger charge is -2.56. The zero-order valence-electron chi connectivity index (χ0n) is 35.9. The highest BCUT2D eigenvalue weighted by Gasteiger charge is 2.67. The van der Waals surface area contributed by atoms with Crippen LogP contribution in [0.1, 0.15) is 68.9 Å². The molecule has 3 amide bonds. The van der Waals surface area contributed by atoms with Gasteiger partial charge in [0.1, 0.15) is 35.0 Å². The van der Waals surface area contributed by atoms with Gasteiger partial charge in [-0.05, 0) is 78.4 Å². The first kappa shape index (κ1) is 46.0. The summed E-state index contributed by atoms with van der Waals surface area (Å²) in [6.45, 7) is 5.43. The van der Waals surface area contributed by atoms with Crippen molar-refractivity contribution in [1.29, 1.82) is 0 Å². The maximum absolute atomic E-state index is 14.7. The number of carbonyl (C=O) groups is 5. The second-order valence-corrected chi connectivity index (χ2v) is 17.9. The van der Waals surface area contributed by atoms with Crippen molar-refractivity contribution in [3.63, 3.8) is 0 Å². The van der Waals surface area contributed by atoms with Crippen LogP contribution in [0.4, 0.5) is 4.79 Å². The van der Waals surface area contributed by atoms with Gasteiger partial charge in [0, 0.05) is 25.0 Å². The lowest BCUT2D eigenvalue weighted by atomic mass is 9.96. The van der Waals surface area contributed by atoms with Gasteiger partial charge in [0.05, 0.1) is 13.7 Å². The number of carbonyl (C=O) groups excluding carboxylic acids is 5. The van der Waals surface area contributed by atoms with Crippen LogP contribution in [0, 0.1) is 0 Å². The van der Waals surface area contributed by atoms with Gasteiger partial charge in [-0.1, -0.05) is 84.6 Å². The van der Waals surface area contributed by atoms with E-state index < -0.39 is 65.0 Å². The van der Waals surface area contributed by atoms with Crippen molar-refractivity contribution in [2.24, 2.45) is 0 Å². The number of amides is 3. The average Bonchev–Trinajstić information content (AvgIpc) is 3.74. The predicted molar refractivity (Wildman–Crippen MR) is 232 cm³/mol. The third-order valence-electron chi connectivity index (χ3n) is 10.3. The molecule has 4 aromatic rings. The highest BCUT2D eigenvalue weighted by atomic mass is 32.2. The number of esters is 2. The Hall–Kier alpha value is -5.96. The maximum atomic E-state index is 14.7. The number of β-lactam (4-membered cyclic amide) rings is 1. The molecule has 64 heavy (non-hydrogen) atoms. The Morgan fingerprint density at radius 3 is 2.25 bits per heavy atom. The van der Waals surface area contributed by atoms with E-state index in [0.29, 0.717) is 34.6 Å². The summed E-state index contributed by atoms with van der Waals surface area (Å²) in [6, 6.07) is 23.6. The predicted octanol–water partition coefficient (Wildman–Crippen LogP) is 5.07.